The van der Waals surface area contributed by atoms with Gasteiger partial charge in [-0.1, -0.05) is 38.0 Å². The summed E-state index contributed by atoms with van der Waals surface area (Å²) in [6.07, 6.45) is 16.6. The summed E-state index contributed by atoms with van der Waals surface area (Å²) in [4.78, 5) is 51.3. The molecule has 0 aliphatic carbocycles. The van der Waals surface area contributed by atoms with Gasteiger partial charge in [0.25, 0.3) is 11.8 Å². The van der Waals surface area contributed by atoms with E-state index < -0.39 is 6.04 Å². The molecule has 1 unspecified atom stereocenters. The molecule has 296 valence electrons. The number of benzene rings is 2. The van der Waals surface area contributed by atoms with Gasteiger partial charge < -0.3 is 24.3 Å². The van der Waals surface area contributed by atoms with Crippen molar-refractivity contribution in [2.45, 2.75) is 76.7 Å². The van der Waals surface area contributed by atoms with E-state index in [1.165, 1.54) is 41.1 Å². The first-order valence-electron chi connectivity index (χ1n) is 20.6. The second kappa shape index (κ2) is 17.3. The lowest BCUT2D eigenvalue weighted by atomic mass is 9.91. The van der Waals surface area contributed by atoms with Gasteiger partial charge in [0.2, 0.25) is 11.8 Å². The molecule has 5 aromatic rings. The number of carbonyl (C=O) groups is 3. The van der Waals surface area contributed by atoms with Crippen LogP contribution in [0.1, 0.15) is 91.3 Å². The topological polar surface area (TPSA) is 119 Å². The zero-order chi connectivity index (χ0) is 39.3. The van der Waals surface area contributed by atoms with Gasteiger partial charge in [-0.3, -0.25) is 24.3 Å². The Hall–Kier alpha value is -5.55. The van der Waals surface area contributed by atoms with Gasteiger partial charge >= 0.3 is 0 Å². The number of amides is 3. The SMILES string of the molecule is C=C1CCC(N2C(=O)c3ccc(N4CCC(CCCCCOCCCCCOc5ccc(-c6ccc7c8cnccc8n(C)c7c6)cn5)CC4)cc3C2=O)C(=O)N1. The van der Waals surface area contributed by atoms with Crippen LogP contribution in [0.25, 0.3) is 32.9 Å². The molecular formula is C46H52N6O5. The van der Waals surface area contributed by atoms with Gasteiger partial charge in [0.05, 0.1) is 23.3 Å². The lowest BCUT2D eigenvalue weighted by molar-refractivity contribution is -0.125. The number of piperidine rings is 2. The summed E-state index contributed by atoms with van der Waals surface area (Å²) < 4.78 is 14.1. The maximum Gasteiger partial charge on any atom is 0.262 e. The molecule has 11 nitrogen and oxygen atoms in total. The molecule has 8 rings (SSSR count). The van der Waals surface area contributed by atoms with Gasteiger partial charge in [-0.25, -0.2) is 4.98 Å². The predicted octanol–water partition coefficient (Wildman–Crippen LogP) is 8.22. The molecule has 2 saturated heterocycles. The Morgan fingerprint density at radius 3 is 2.33 bits per heavy atom. The maximum absolute atomic E-state index is 13.3. The van der Waals surface area contributed by atoms with Crippen LogP contribution in [0.2, 0.25) is 0 Å². The van der Waals surface area contributed by atoms with Crippen molar-refractivity contribution in [3.63, 3.8) is 0 Å². The molecule has 0 radical (unpaired) electrons. The Bertz CT molecular complexity index is 2270. The fraction of sp³-hybridized carbons (Fsp3) is 0.413. The van der Waals surface area contributed by atoms with Crippen molar-refractivity contribution in [1.82, 2.24) is 24.8 Å². The Kier molecular flexibility index (Phi) is 11.6. The third-order valence-corrected chi connectivity index (χ3v) is 12.0. The third-order valence-electron chi connectivity index (χ3n) is 12.0. The van der Waals surface area contributed by atoms with Crippen LogP contribution >= 0.6 is 0 Å². The Morgan fingerprint density at radius 1 is 0.772 bits per heavy atom. The predicted molar refractivity (Wildman–Crippen MR) is 222 cm³/mol. The molecule has 3 aromatic heterocycles. The number of imide groups is 1. The van der Waals surface area contributed by atoms with Crippen LogP contribution in [0.15, 0.2) is 85.5 Å². The number of nitrogens with zero attached hydrogens (tertiary/aromatic N) is 5. The first kappa shape index (κ1) is 38.3. The number of carbonyl (C=O) groups excluding carboxylic acids is 3. The van der Waals surface area contributed by atoms with Crippen LogP contribution in [0.4, 0.5) is 5.69 Å². The standard InChI is InChI=1S/C46H52N6O5/c1-31-10-16-41(44(53)49-31)52-45(54)37-15-13-35(28-38(37)46(52)55)51-22-19-32(20-23-51)9-5-3-6-24-56-25-7-4-8-26-57-43-17-12-34(29-48-43)33-11-14-36-39-30-47-21-18-40(39)50(2)42(36)27-33/h11-15,17-18,21,27-30,32,41H,1,3-10,16,19-20,22-26H2,2H3,(H,49,53). The number of rotatable bonds is 16. The lowest BCUT2D eigenvalue weighted by Gasteiger charge is -2.34. The number of unbranched alkanes of at least 4 members (excludes halogenated alkanes) is 4. The number of allylic oxidation sites excluding steroid dienone is 1. The summed E-state index contributed by atoms with van der Waals surface area (Å²) >= 11 is 0. The number of aryl methyl sites for hydroxylation is 1. The molecule has 11 heteroatoms. The van der Waals surface area contributed by atoms with E-state index in [1.54, 1.807) is 6.07 Å². The van der Waals surface area contributed by atoms with Crippen molar-refractivity contribution in [1.29, 1.82) is 0 Å². The van der Waals surface area contributed by atoms with Crippen LogP contribution < -0.4 is 15.0 Å². The van der Waals surface area contributed by atoms with Crippen LogP contribution in [0.5, 0.6) is 5.88 Å². The van der Waals surface area contributed by atoms with E-state index in [9.17, 15) is 14.4 Å². The molecule has 1 atom stereocenters. The Balaban J connectivity index is 0.663. The number of nitrogens with one attached hydrogen (secondary N) is 1. The number of anilines is 1. The molecular weight excluding hydrogens is 717 g/mol. The second-order valence-corrected chi connectivity index (χ2v) is 15.7. The number of pyridine rings is 2. The highest BCUT2D eigenvalue weighted by Gasteiger charge is 2.44. The molecule has 0 saturated carbocycles. The lowest BCUT2D eigenvalue weighted by Crippen LogP contribution is -2.51. The molecule has 2 aromatic carbocycles. The molecule has 0 spiro atoms. The number of aromatic nitrogens is 3. The minimum absolute atomic E-state index is 0.341. The van der Waals surface area contributed by atoms with Gasteiger partial charge in [-0.2, -0.15) is 0 Å². The van der Waals surface area contributed by atoms with E-state index in [-0.39, 0.29) is 17.7 Å². The third kappa shape index (κ3) is 8.30. The fourth-order valence-corrected chi connectivity index (χ4v) is 8.66. The average Bonchev–Trinajstić information content (AvgIpc) is 3.66. The minimum Gasteiger partial charge on any atom is -0.478 e. The highest BCUT2D eigenvalue weighted by molar-refractivity contribution is 6.23. The first-order chi connectivity index (χ1) is 27.9. The monoisotopic (exact) mass is 768 g/mol. The van der Waals surface area contributed by atoms with Crippen molar-refractivity contribution < 1.29 is 23.9 Å². The van der Waals surface area contributed by atoms with Crippen molar-refractivity contribution in [2.75, 3.05) is 37.8 Å². The smallest absolute Gasteiger partial charge is 0.262 e. The summed E-state index contributed by atoms with van der Waals surface area (Å²) in [5, 5.41) is 5.06. The molecule has 3 aliphatic heterocycles. The Morgan fingerprint density at radius 2 is 1.54 bits per heavy atom. The van der Waals surface area contributed by atoms with Gasteiger partial charge in [-0.15, -0.1) is 0 Å². The summed E-state index contributed by atoms with van der Waals surface area (Å²) in [7, 11) is 2.09. The highest BCUT2D eigenvalue weighted by Crippen LogP contribution is 2.34. The van der Waals surface area contributed by atoms with Crippen molar-refractivity contribution >= 4 is 45.2 Å². The van der Waals surface area contributed by atoms with Crippen LogP contribution in [0, 0.1) is 5.92 Å². The number of fused-ring (bicyclic) bond motifs is 4. The second-order valence-electron chi connectivity index (χ2n) is 15.7. The molecule has 1 N–H and O–H groups in total. The molecule has 0 bridgehead atoms. The van der Waals surface area contributed by atoms with Crippen LogP contribution in [-0.4, -0.2) is 76.1 Å². The molecule has 3 aliphatic rings. The largest absolute Gasteiger partial charge is 0.478 e. The van der Waals surface area contributed by atoms with E-state index in [0.29, 0.717) is 48.1 Å². The van der Waals surface area contributed by atoms with Crippen molar-refractivity contribution in [3.05, 3.63) is 96.6 Å². The minimum atomic E-state index is -0.789. The van der Waals surface area contributed by atoms with Gasteiger partial charge in [0, 0.05) is 91.2 Å². The number of hydrogen-bond donors (Lipinski definition) is 1. The zero-order valence-electron chi connectivity index (χ0n) is 32.9. The van der Waals surface area contributed by atoms with Gasteiger partial charge in [-0.05, 0) is 99.2 Å². The quantitative estimate of drug-likeness (QED) is 0.0789. The zero-order valence-corrected chi connectivity index (χ0v) is 32.9. The van der Waals surface area contributed by atoms with Crippen molar-refractivity contribution in [2.24, 2.45) is 13.0 Å². The molecule has 6 heterocycles. The summed E-state index contributed by atoms with van der Waals surface area (Å²) in [6, 6.07) is 17.3. The van der Waals surface area contributed by atoms with Crippen molar-refractivity contribution in [3.8, 4) is 17.0 Å². The van der Waals surface area contributed by atoms with E-state index in [4.69, 9.17) is 9.47 Å². The number of hydrogen-bond acceptors (Lipinski definition) is 8. The molecule has 2 fully saturated rings. The summed E-state index contributed by atoms with van der Waals surface area (Å²) in [5.74, 6) is 0.248. The van der Waals surface area contributed by atoms with E-state index in [2.05, 4.69) is 68.7 Å². The number of ether oxygens (including phenoxy) is 2. The summed E-state index contributed by atoms with van der Waals surface area (Å²) in [6.45, 7) is 7.91. The fourth-order valence-electron chi connectivity index (χ4n) is 8.66. The average molecular weight is 769 g/mol. The summed E-state index contributed by atoms with van der Waals surface area (Å²) in [5.41, 5.74) is 6.91. The van der Waals surface area contributed by atoms with E-state index >= 15 is 0 Å². The van der Waals surface area contributed by atoms with E-state index in [1.807, 2.05) is 36.8 Å². The van der Waals surface area contributed by atoms with Gasteiger partial charge in [0.15, 0.2) is 0 Å². The van der Waals surface area contributed by atoms with E-state index in [0.717, 1.165) is 86.5 Å². The normalized spacial score (nSPS) is 17.5. The van der Waals surface area contributed by atoms with Crippen LogP contribution in [-0.2, 0) is 16.6 Å². The highest BCUT2D eigenvalue weighted by atomic mass is 16.5. The first-order valence-corrected chi connectivity index (χ1v) is 20.6. The molecule has 57 heavy (non-hydrogen) atoms. The Labute approximate surface area is 334 Å². The van der Waals surface area contributed by atoms with Crippen LogP contribution in [0.3, 0.4) is 0 Å². The van der Waals surface area contributed by atoms with Gasteiger partial charge in [0.1, 0.15) is 6.04 Å². The maximum atomic E-state index is 13.3. The molecule has 3 amide bonds.